The molecule has 2 rings (SSSR count). The Bertz CT molecular complexity index is 526. The Morgan fingerprint density at radius 2 is 2.12 bits per heavy atom. The van der Waals surface area contributed by atoms with Crippen LogP contribution in [0.2, 0.25) is 0 Å². The van der Waals surface area contributed by atoms with Gasteiger partial charge in [-0.3, -0.25) is 4.79 Å². The zero-order valence-corrected chi connectivity index (χ0v) is 9.90. The monoisotopic (exact) mass is 230 g/mol. The standard InChI is InChI=1S/C14H14O3/c1-3-16-14-11(9-15)5-4-6-12(14)13-8-7-10(2)17-13/h4-9H,3H2,1-2H3. The van der Waals surface area contributed by atoms with E-state index in [9.17, 15) is 4.79 Å². The molecule has 17 heavy (non-hydrogen) atoms. The molecule has 3 heteroatoms. The van der Waals surface area contributed by atoms with Gasteiger partial charge in [0.05, 0.1) is 17.7 Å². The maximum Gasteiger partial charge on any atom is 0.153 e. The lowest BCUT2D eigenvalue weighted by Gasteiger charge is -2.10. The summed E-state index contributed by atoms with van der Waals surface area (Å²) in [6.45, 7) is 4.28. The van der Waals surface area contributed by atoms with E-state index >= 15 is 0 Å². The van der Waals surface area contributed by atoms with Crippen molar-refractivity contribution in [3.05, 3.63) is 41.7 Å². The minimum Gasteiger partial charge on any atom is -0.492 e. The predicted octanol–water partition coefficient (Wildman–Crippen LogP) is 3.47. The van der Waals surface area contributed by atoms with Crippen LogP contribution in [0.4, 0.5) is 0 Å². The van der Waals surface area contributed by atoms with Crippen molar-refractivity contribution in [1.82, 2.24) is 0 Å². The van der Waals surface area contributed by atoms with Gasteiger partial charge in [-0.05, 0) is 38.1 Å². The molecule has 0 aliphatic heterocycles. The summed E-state index contributed by atoms with van der Waals surface area (Å²) in [5.74, 6) is 2.13. The average molecular weight is 230 g/mol. The molecule has 0 N–H and O–H groups in total. The summed E-state index contributed by atoms with van der Waals surface area (Å²) in [5, 5.41) is 0. The van der Waals surface area contributed by atoms with Crippen molar-refractivity contribution in [1.29, 1.82) is 0 Å². The first-order chi connectivity index (χ1) is 8.26. The van der Waals surface area contributed by atoms with E-state index in [0.717, 1.165) is 23.4 Å². The number of aldehydes is 1. The number of ether oxygens (including phenoxy) is 1. The summed E-state index contributed by atoms with van der Waals surface area (Å²) in [6, 6.07) is 9.20. The van der Waals surface area contributed by atoms with E-state index in [1.165, 1.54) is 0 Å². The molecule has 88 valence electrons. The molecule has 0 aliphatic carbocycles. The number of hydrogen-bond acceptors (Lipinski definition) is 3. The summed E-state index contributed by atoms with van der Waals surface area (Å²) in [4.78, 5) is 11.0. The summed E-state index contributed by atoms with van der Waals surface area (Å²) < 4.78 is 11.1. The van der Waals surface area contributed by atoms with Gasteiger partial charge >= 0.3 is 0 Å². The molecule has 0 radical (unpaired) electrons. The highest BCUT2D eigenvalue weighted by Gasteiger charge is 2.13. The highest BCUT2D eigenvalue weighted by Crippen LogP contribution is 2.33. The zero-order valence-electron chi connectivity index (χ0n) is 9.90. The highest BCUT2D eigenvalue weighted by atomic mass is 16.5. The average Bonchev–Trinajstić information content (AvgIpc) is 2.76. The Labute approximate surface area is 100 Å². The Balaban J connectivity index is 2.56. The molecule has 2 aromatic rings. The first kappa shape index (κ1) is 11.5. The minimum atomic E-state index is 0.511. The van der Waals surface area contributed by atoms with Gasteiger partial charge in [-0.1, -0.05) is 6.07 Å². The van der Waals surface area contributed by atoms with Crippen molar-refractivity contribution in [2.45, 2.75) is 13.8 Å². The number of carbonyl (C=O) groups excluding carboxylic acids is 1. The van der Waals surface area contributed by atoms with Crippen molar-refractivity contribution in [2.75, 3.05) is 6.61 Å². The first-order valence-corrected chi connectivity index (χ1v) is 5.54. The lowest BCUT2D eigenvalue weighted by molar-refractivity contribution is 0.112. The molecule has 3 nitrogen and oxygen atoms in total. The highest BCUT2D eigenvalue weighted by molar-refractivity contribution is 5.85. The van der Waals surface area contributed by atoms with Crippen LogP contribution < -0.4 is 4.74 Å². The third-order valence-corrected chi connectivity index (χ3v) is 2.47. The predicted molar refractivity (Wildman–Crippen MR) is 65.4 cm³/mol. The Morgan fingerprint density at radius 3 is 2.71 bits per heavy atom. The molecular weight excluding hydrogens is 216 g/mol. The number of rotatable bonds is 4. The van der Waals surface area contributed by atoms with Crippen molar-refractivity contribution < 1.29 is 13.9 Å². The first-order valence-electron chi connectivity index (χ1n) is 5.54. The molecule has 0 spiro atoms. The van der Waals surface area contributed by atoms with Gasteiger partial charge in [0.1, 0.15) is 17.3 Å². The van der Waals surface area contributed by atoms with E-state index in [0.29, 0.717) is 17.9 Å². The fourth-order valence-electron chi connectivity index (χ4n) is 1.73. The van der Waals surface area contributed by atoms with Crippen LogP contribution in [0.3, 0.4) is 0 Å². The summed E-state index contributed by atoms with van der Waals surface area (Å²) in [7, 11) is 0. The third-order valence-electron chi connectivity index (χ3n) is 2.47. The van der Waals surface area contributed by atoms with Gasteiger partial charge in [-0.25, -0.2) is 0 Å². The van der Waals surface area contributed by atoms with Crippen LogP contribution in [-0.4, -0.2) is 12.9 Å². The van der Waals surface area contributed by atoms with Crippen LogP contribution in [0.15, 0.2) is 34.7 Å². The van der Waals surface area contributed by atoms with Gasteiger partial charge in [0.2, 0.25) is 0 Å². The maximum atomic E-state index is 11.0. The SMILES string of the molecule is CCOc1c(C=O)cccc1-c1ccc(C)o1. The minimum absolute atomic E-state index is 0.511. The second-order valence-corrected chi connectivity index (χ2v) is 3.69. The van der Waals surface area contributed by atoms with E-state index in [1.54, 1.807) is 6.07 Å². The van der Waals surface area contributed by atoms with E-state index in [4.69, 9.17) is 9.15 Å². The fourth-order valence-corrected chi connectivity index (χ4v) is 1.73. The quantitative estimate of drug-likeness (QED) is 0.755. The van der Waals surface area contributed by atoms with Gasteiger partial charge in [0.25, 0.3) is 0 Å². The number of aryl methyl sites for hydroxylation is 1. The van der Waals surface area contributed by atoms with Gasteiger partial charge < -0.3 is 9.15 Å². The van der Waals surface area contributed by atoms with Gasteiger partial charge in [-0.2, -0.15) is 0 Å². The van der Waals surface area contributed by atoms with Crippen molar-refractivity contribution in [3.63, 3.8) is 0 Å². The number of para-hydroxylation sites is 1. The fraction of sp³-hybridized carbons (Fsp3) is 0.214. The van der Waals surface area contributed by atoms with Crippen molar-refractivity contribution in [3.8, 4) is 17.1 Å². The van der Waals surface area contributed by atoms with Crippen LogP contribution in [0, 0.1) is 6.92 Å². The van der Waals surface area contributed by atoms with Crippen molar-refractivity contribution >= 4 is 6.29 Å². The molecule has 0 unspecified atom stereocenters. The van der Waals surface area contributed by atoms with Crippen LogP contribution in [0.5, 0.6) is 5.75 Å². The molecule has 1 heterocycles. The van der Waals surface area contributed by atoms with E-state index in [1.807, 2.05) is 38.1 Å². The molecule has 1 aromatic carbocycles. The molecule has 1 aromatic heterocycles. The lowest BCUT2D eigenvalue weighted by atomic mass is 10.1. The Kier molecular flexibility index (Phi) is 3.28. The number of benzene rings is 1. The van der Waals surface area contributed by atoms with Crippen LogP contribution >= 0.6 is 0 Å². The van der Waals surface area contributed by atoms with Crippen LogP contribution in [-0.2, 0) is 0 Å². The molecule has 0 aliphatic rings. The molecule has 0 saturated carbocycles. The molecular formula is C14H14O3. The number of hydrogen-bond donors (Lipinski definition) is 0. The Hall–Kier alpha value is -2.03. The molecule has 0 amide bonds. The normalized spacial score (nSPS) is 10.2. The van der Waals surface area contributed by atoms with E-state index < -0.39 is 0 Å². The van der Waals surface area contributed by atoms with E-state index in [-0.39, 0.29) is 0 Å². The molecule has 0 saturated heterocycles. The summed E-state index contributed by atoms with van der Waals surface area (Å²) in [6.07, 6.45) is 0.796. The second-order valence-electron chi connectivity index (χ2n) is 3.69. The van der Waals surface area contributed by atoms with Gasteiger partial charge in [-0.15, -0.1) is 0 Å². The van der Waals surface area contributed by atoms with Crippen molar-refractivity contribution in [2.24, 2.45) is 0 Å². The van der Waals surface area contributed by atoms with Gasteiger partial charge in [0.15, 0.2) is 6.29 Å². The largest absolute Gasteiger partial charge is 0.492 e. The second kappa shape index (κ2) is 4.87. The summed E-state index contributed by atoms with van der Waals surface area (Å²) >= 11 is 0. The summed E-state index contributed by atoms with van der Waals surface area (Å²) in [5.41, 5.74) is 1.35. The maximum absolute atomic E-state index is 11.0. The smallest absolute Gasteiger partial charge is 0.153 e. The number of carbonyl (C=O) groups is 1. The molecule has 0 fully saturated rings. The lowest BCUT2D eigenvalue weighted by Crippen LogP contribution is -1.98. The topological polar surface area (TPSA) is 39.4 Å². The Morgan fingerprint density at radius 1 is 1.29 bits per heavy atom. The molecule has 0 atom stereocenters. The van der Waals surface area contributed by atoms with Crippen LogP contribution in [0.1, 0.15) is 23.0 Å². The molecule has 0 bridgehead atoms. The third kappa shape index (κ3) is 2.23. The number of furan rings is 1. The van der Waals surface area contributed by atoms with Crippen LogP contribution in [0.25, 0.3) is 11.3 Å². The van der Waals surface area contributed by atoms with Gasteiger partial charge in [0, 0.05) is 0 Å². The van der Waals surface area contributed by atoms with E-state index in [2.05, 4.69) is 0 Å². The zero-order chi connectivity index (χ0) is 12.3.